The highest BCUT2D eigenvalue weighted by Crippen LogP contribution is 2.17. The largest absolute Gasteiger partial charge is 0.347 e. The first-order valence-electron chi connectivity index (χ1n) is 7.77. The predicted octanol–water partition coefficient (Wildman–Crippen LogP) is -0.173. The molecule has 1 aliphatic heterocycles. The molecule has 1 unspecified atom stereocenters. The zero-order valence-electron chi connectivity index (χ0n) is 13.7. The summed E-state index contributed by atoms with van der Waals surface area (Å²) in [5, 5.41) is 7.17. The van der Waals surface area contributed by atoms with Crippen molar-refractivity contribution < 1.29 is 23.6 Å². The molecule has 3 amide bonds. The third-order valence-corrected chi connectivity index (χ3v) is 4.51. The molecule has 1 aliphatic rings. The van der Waals surface area contributed by atoms with Gasteiger partial charge in [-0.25, -0.2) is 9.37 Å². The van der Waals surface area contributed by atoms with E-state index in [2.05, 4.69) is 15.6 Å². The Balaban J connectivity index is 1.86. The number of carbonyl (C=O) groups is 4. The minimum Gasteiger partial charge on any atom is -0.347 e. The Morgan fingerprint density at radius 2 is 2.08 bits per heavy atom. The number of hydrogen-bond acceptors (Lipinski definition) is 6. The van der Waals surface area contributed by atoms with Crippen LogP contribution in [0.3, 0.4) is 0 Å². The van der Waals surface area contributed by atoms with Crippen LogP contribution in [0.1, 0.15) is 28.3 Å². The summed E-state index contributed by atoms with van der Waals surface area (Å²) in [4.78, 5) is 52.6. The van der Waals surface area contributed by atoms with Crippen LogP contribution in [0.25, 0.3) is 0 Å². The summed E-state index contributed by atoms with van der Waals surface area (Å²) in [5.41, 5.74) is 0.246. The third-order valence-electron chi connectivity index (χ3n) is 3.74. The molecule has 1 aromatic rings. The summed E-state index contributed by atoms with van der Waals surface area (Å²) in [6.45, 7) is 0.374. The van der Waals surface area contributed by atoms with Crippen LogP contribution in [0.15, 0.2) is 5.38 Å². The van der Waals surface area contributed by atoms with Gasteiger partial charge in [0.2, 0.25) is 11.8 Å². The number of halogens is 1. The maximum Gasteiger partial charge on any atom is 0.271 e. The average Bonchev–Trinajstić information content (AvgIpc) is 3.25. The van der Waals surface area contributed by atoms with Gasteiger partial charge in [-0.05, 0) is 19.8 Å². The Kier molecular flexibility index (Phi) is 6.57. The van der Waals surface area contributed by atoms with Crippen LogP contribution in [0.4, 0.5) is 4.39 Å². The van der Waals surface area contributed by atoms with Crippen molar-refractivity contribution in [3.63, 3.8) is 0 Å². The van der Waals surface area contributed by atoms with Gasteiger partial charge in [-0.3, -0.25) is 19.2 Å². The smallest absolute Gasteiger partial charge is 0.271 e. The number of ketones is 1. The van der Waals surface area contributed by atoms with Gasteiger partial charge in [0, 0.05) is 11.9 Å². The first kappa shape index (κ1) is 19.0. The fourth-order valence-electron chi connectivity index (χ4n) is 2.50. The Morgan fingerprint density at radius 1 is 1.32 bits per heavy atom. The highest BCUT2D eigenvalue weighted by Gasteiger charge is 2.34. The molecule has 1 atom stereocenters. The number of alkyl halides is 1. The minimum atomic E-state index is -1.14. The average molecular weight is 370 g/mol. The molecule has 1 aromatic heterocycles. The molecule has 10 heteroatoms. The maximum atomic E-state index is 12.3. The first-order valence-corrected chi connectivity index (χ1v) is 8.65. The standard InChI is InChI=1S/C15H19FN4O4S/c1-9-19-11(8-25-9)14(23)18-7-13(22)20-4-2-3-12(20)15(24)17-6-10(21)5-16/h8,12H,2-7H2,1H3,(H,17,24)(H,18,23). The number of aryl methyl sites for hydroxylation is 1. The van der Waals surface area contributed by atoms with E-state index in [-0.39, 0.29) is 12.2 Å². The van der Waals surface area contributed by atoms with Crippen LogP contribution < -0.4 is 10.6 Å². The van der Waals surface area contributed by atoms with Crippen LogP contribution in [-0.2, 0) is 14.4 Å². The van der Waals surface area contributed by atoms with Crippen molar-refractivity contribution in [2.24, 2.45) is 0 Å². The number of hydrogen-bond donors (Lipinski definition) is 2. The molecule has 25 heavy (non-hydrogen) atoms. The highest BCUT2D eigenvalue weighted by atomic mass is 32.1. The van der Waals surface area contributed by atoms with Gasteiger partial charge in [-0.15, -0.1) is 11.3 Å². The molecule has 1 fully saturated rings. The van der Waals surface area contributed by atoms with Crippen molar-refractivity contribution in [2.45, 2.75) is 25.8 Å². The number of thiazole rings is 1. The van der Waals surface area contributed by atoms with Gasteiger partial charge in [0.15, 0.2) is 5.78 Å². The third kappa shape index (κ3) is 5.05. The van der Waals surface area contributed by atoms with E-state index in [0.29, 0.717) is 19.4 Å². The zero-order valence-corrected chi connectivity index (χ0v) is 14.5. The lowest BCUT2D eigenvalue weighted by atomic mass is 10.2. The van der Waals surface area contributed by atoms with Gasteiger partial charge in [0.25, 0.3) is 5.91 Å². The molecule has 0 spiro atoms. The lowest BCUT2D eigenvalue weighted by molar-refractivity contribution is -0.138. The second-order valence-corrected chi connectivity index (χ2v) is 6.63. The zero-order chi connectivity index (χ0) is 18.4. The van der Waals surface area contributed by atoms with Gasteiger partial charge in [-0.1, -0.05) is 0 Å². The molecule has 0 bridgehead atoms. The van der Waals surface area contributed by atoms with Crippen LogP contribution in [0.2, 0.25) is 0 Å². The second kappa shape index (κ2) is 8.65. The Morgan fingerprint density at radius 3 is 2.72 bits per heavy atom. The van der Waals surface area contributed by atoms with E-state index in [0.717, 1.165) is 5.01 Å². The molecule has 1 saturated heterocycles. The van der Waals surface area contributed by atoms with Crippen molar-refractivity contribution in [1.29, 1.82) is 0 Å². The van der Waals surface area contributed by atoms with E-state index < -0.39 is 42.8 Å². The number of carbonyl (C=O) groups excluding carboxylic acids is 4. The van der Waals surface area contributed by atoms with E-state index in [1.165, 1.54) is 16.2 Å². The maximum absolute atomic E-state index is 12.3. The summed E-state index contributed by atoms with van der Waals surface area (Å²) in [6, 6.07) is -0.710. The van der Waals surface area contributed by atoms with Crippen LogP contribution in [0, 0.1) is 6.92 Å². The van der Waals surface area contributed by atoms with Crippen molar-refractivity contribution in [3.8, 4) is 0 Å². The lowest BCUT2D eigenvalue weighted by Gasteiger charge is -2.23. The fourth-order valence-corrected chi connectivity index (χ4v) is 3.10. The van der Waals surface area contributed by atoms with Gasteiger partial charge >= 0.3 is 0 Å². The van der Waals surface area contributed by atoms with Crippen LogP contribution >= 0.6 is 11.3 Å². The molecule has 0 aromatic carbocycles. The van der Waals surface area contributed by atoms with E-state index >= 15 is 0 Å². The van der Waals surface area contributed by atoms with E-state index in [1.54, 1.807) is 12.3 Å². The molecule has 2 rings (SSSR count). The Bertz CT molecular complexity index is 678. The van der Waals surface area contributed by atoms with Gasteiger partial charge < -0.3 is 15.5 Å². The van der Waals surface area contributed by atoms with Crippen molar-refractivity contribution in [1.82, 2.24) is 20.5 Å². The SMILES string of the molecule is Cc1nc(C(=O)NCC(=O)N2CCCC2C(=O)NCC(=O)CF)cs1. The number of rotatable bonds is 7. The second-order valence-electron chi connectivity index (χ2n) is 5.57. The number of aromatic nitrogens is 1. The van der Waals surface area contributed by atoms with Crippen molar-refractivity contribution >= 4 is 34.8 Å². The van der Waals surface area contributed by atoms with Crippen LogP contribution in [0.5, 0.6) is 0 Å². The molecule has 8 nitrogen and oxygen atoms in total. The number of Topliss-reactive ketones (excluding diaryl/α,β-unsaturated/α-hetero) is 1. The summed E-state index contributed by atoms with van der Waals surface area (Å²) < 4.78 is 12.1. The number of amides is 3. The predicted molar refractivity (Wildman–Crippen MR) is 87.9 cm³/mol. The summed E-state index contributed by atoms with van der Waals surface area (Å²) in [5.74, 6) is -2.06. The molecule has 0 radical (unpaired) electrons. The molecule has 0 saturated carbocycles. The summed E-state index contributed by atoms with van der Waals surface area (Å²) in [6.07, 6.45) is 1.10. The Hall–Kier alpha value is -2.36. The van der Waals surface area contributed by atoms with Crippen LogP contribution in [-0.4, -0.2) is 65.7 Å². The fraction of sp³-hybridized carbons (Fsp3) is 0.533. The monoisotopic (exact) mass is 370 g/mol. The number of likely N-dealkylation sites (tertiary alicyclic amines) is 1. The summed E-state index contributed by atoms with van der Waals surface area (Å²) in [7, 11) is 0. The molecule has 2 heterocycles. The van der Waals surface area contributed by atoms with Crippen molar-refractivity contribution in [2.75, 3.05) is 26.3 Å². The molecular weight excluding hydrogens is 351 g/mol. The summed E-state index contributed by atoms with van der Waals surface area (Å²) >= 11 is 1.33. The molecule has 0 aliphatic carbocycles. The van der Waals surface area contributed by atoms with E-state index in [4.69, 9.17) is 0 Å². The lowest BCUT2D eigenvalue weighted by Crippen LogP contribution is -2.49. The normalized spacial score (nSPS) is 16.6. The quantitative estimate of drug-likeness (QED) is 0.693. The number of nitrogens with one attached hydrogen (secondary N) is 2. The minimum absolute atomic E-state index is 0.246. The van der Waals surface area contributed by atoms with Gasteiger partial charge in [0.05, 0.1) is 18.1 Å². The van der Waals surface area contributed by atoms with Gasteiger partial charge in [0.1, 0.15) is 18.4 Å². The molecular formula is C15H19FN4O4S. The topological polar surface area (TPSA) is 108 Å². The van der Waals surface area contributed by atoms with E-state index in [1.807, 2.05) is 0 Å². The molecule has 136 valence electrons. The first-order chi connectivity index (χ1) is 11.9. The molecule has 2 N–H and O–H groups in total. The van der Waals surface area contributed by atoms with E-state index in [9.17, 15) is 23.6 Å². The van der Waals surface area contributed by atoms with Crippen molar-refractivity contribution in [3.05, 3.63) is 16.1 Å². The number of nitrogens with zero attached hydrogens (tertiary/aromatic N) is 2. The van der Waals surface area contributed by atoms with Gasteiger partial charge in [-0.2, -0.15) is 0 Å². The highest BCUT2D eigenvalue weighted by molar-refractivity contribution is 7.09. The Labute approximate surface area is 147 Å².